The van der Waals surface area contributed by atoms with E-state index in [1.54, 1.807) is 0 Å². The van der Waals surface area contributed by atoms with E-state index in [1.807, 2.05) is 0 Å². The van der Waals surface area contributed by atoms with Crippen LogP contribution in [-0.2, 0) is 4.74 Å². The molecule has 2 aliphatic heterocycles. The molecular formula is C13H26N2O2. The van der Waals surface area contributed by atoms with Gasteiger partial charge in [-0.2, -0.15) is 0 Å². The maximum atomic E-state index is 9.59. The highest BCUT2D eigenvalue weighted by molar-refractivity contribution is 4.88. The van der Waals surface area contributed by atoms with Crippen LogP contribution in [-0.4, -0.2) is 73.5 Å². The Balaban J connectivity index is 1.87. The summed E-state index contributed by atoms with van der Waals surface area (Å²) < 4.78 is 5.46. The molecular weight excluding hydrogens is 216 g/mol. The van der Waals surface area contributed by atoms with Gasteiger partial charge in [0, 0.05) is 44.2 Å². The smallest absolute Gasteiger partial charge is 0.0557 e. The second-order valence-corrected chi connectivity index (χ2v) is 5.67. The Morgan fingerprint density at radius 1 is 1.41 bits per heavy atom. The molecule has 100 valence electrons. The average Bonchev–Trinajstić information content (AvgIpc) is 2.79. The fourth-order valence-corrected chi connectivity index (χ4v) is 3.11. The number of rotatable bonds is 4. The van der Waals surface area contributed by atoms with Crippen molar-refractivity contribution in [2.45, 2.75) is 26.3 Å². The van der Waals surface area contributed by atoms with Crippen molar-refractivity contribution in [2.75, 3.05) is 52.5 Å². The molecule has 4 nitrogen and oxygen atoms in total. The molecule has 0 aliphatic carbocycles. The van der Waals surface area contributed by atoms with Gasteiger partial charge < -0.3 is 9.84 Å². The van der Waals surface area contributed by atoms with E-state index in [2.05, 4.69) is 23.6 Å². The number of aliphatic hydroxyl groups is 1. The summed E-state index contributed by atoms with van der Waals surface area (Å²) in [6.07, 6.45) is 1.01. The fraction of sp³-hybridized carbons (Fsp3) is 1.00. The summed E-state index contributed by atoms with van der Waals surface area (Å²) in [4.78, 5) is 5.02. The molecule has 2 atom stereocenters. The molecule has 0 bridgehead atoms. The zero-order valence-electron chi connectivity index (χ0n) is 11.2. The summed E-state index contributed by atoms with van der Waals surface area (Å²) in [5, 5.41) is 9.59. The second-order valence-electron chi connectivity index (χ2n) is 5.67. The summed E-state index contributed by atoms with van der Waals surface area (Å²) in [5.74, 6) is 0. The molecule has 2 unspecified atom stereocenters. The Kier molecular flexibility index (Phi) is 4.42. The van der Waals surface area contributed by atoms with Crippen LogP contribution in [0.25, 0.3) is 0 Å². The zero-order valence-corrected chi connectivity index (χ0v) is 11.2. The zero-order chi connectivity index (χ0) is 12.3. The largest absolute Gasteiger partial charge is 0.396 e. The van der Waals surface area contributed by atoms with E-state index in [9.17, 15) is 5.11 Å². The van der Waals surface area contributed by atoms with E-state index in [-0.39, 0.29) is 12.0 Å². The first-order valence-electron chi connectivity index (χ1n) is 6.84. The van der Waals surface area contributed by atoms with Crippen molar-refractivity contribution in [2.24, 2.45) is 5.41 Å². The SMILES string of the molecule is CCN1CCN(CC2(CO)CCOC2)CC1C. The van der Waals surface area contributed by atoms with Crippen LogP contribution in [0.3, 0.4) is 0 Å². The maximum Gasteiger partial charge on any atom is 0.0557 e. The molecule has 0 aromatic carbocycles. The van der Waals surface area contributed by atoms with Crippen molar-refractivity contribution in [3.8, 4) is 0 Å². The molecule has 0 saturated carbocycles. The Bertz CT molecular complexity index is 242. The molecule has 0 amide bonds. The van der Waals surface area contributed by atoms with Crippen LogP contribution in [0.15, 0.2) is 0 Å². The van der Waals surface area contributed by atoms with Gasteiger partial charge in [0.1, 0.15) is 0 Å². The van der Waals surface area contributed by atoms with Crippen molar-refractivity contribution in [3.05, 3.63) is 0 Å². The first-order chi connectivity index (χ1) is 8.19. The third-order valence-electron chi connectivity index (χ3n) is 4.33. The summed E-state index contributed by atoms with van der Waals surface area (Å²) in [6.45, 7) is 11.9. The van der Waals surface area contributed by atoms with Crippen LogP contribution in [0.4, 0.5) is 0 Å². The number of hydrogen-bond donors (Lipinski definition) is 1. The summed E-state index contributed by atoms with van der Waals surface area (Å²) >= 11 is 0. The molecule has 0 aromatic heterocycles. The van der Waals surface area contributed by atoms with Gasteiger partial charge in [-0.25, -0.2) is 0 Å². The lowest BCUT2D eigenvalue weighted by Crippen LogP contribution is -2.54. The number of ether oxygens (including phenoxy) is 1. The van der Waals surface area contributed by atoms with Gasteiger partial charge in [0.2, 0.25) is 0 Å². The van der Waals surface area contributed by atoms with Gasteiger partial charge in [0.05, 0.1) is 13.2 Å². The van der Waals surface area contributed by atoms with Crippen molar-refractivity contribution >= 4 is 0 Å². The first-order valence-corrected chi connectivity index (χ1v) is 6.84. The highest BCUT2D eigenvalue weighted by Crippen LogP contribution is 2.29. The predicted molar refractivity (Wildman–Crippen MR) is 68.1 cm³/mol. The van der Waals surface area contributed by atoms with E-state index < -0.39 is 0 Å². The Hall–Kier alpha value is -0.160. The van der Waals surface area contributed by atoms with Gasteiger partial charge >= 0.3 is 0 Å². The monoisotopic (exact) mass is 242 g/mol. The average molecular weight is 242 g/mol. The lowest BCUT2D eigenvalue weighted by molar-refractivity contribution is 0.0212. The molecule has 17 heavy (non-hydrogen) atoms. The minimum absolute atomic E-state index is 0.00804. The maximum absolute atomic E-state index is 9.59. The normalized spacial score (nSPS) is 36.5. The first kappa shape index (κ1) is 13.3. The van der Waals surface area contributed by atoms with Gasteiger partial charge in [-0.05, 0) is 19.9 Å². The summed E-state index contributed by atoms with van der Waals surface area (Å²) in [6, 6.07) is 0.631. The Morgan fingerprint density at radius 2 is 2.24 bits per heavy atom. The van der Waals surface area contributed by atoms with Crippen LogP contribution in [0, 0.1) is 5.41 Å². The minimum Gasteiger partial charge on any atom is -0.396 e. The van der Waals surface area contributed by atoms with Crippen molar-refractivity contribution in [1.29, 1.82) is 0 Å². The fourth-order valence-electron chi connectivity index (χ4n) is 3.11. The Labute approximate surface area is 105 Å². The standard InChI is InChI=1S/C13H26N2O2/c1-3-15-6-5-14(8-12(15)2)9-13(10-16)4-7-17-11-13/h12,16H,3-11H2,1-2H3. The molecule has 2 saturated heterocycles. The van der Waals surface area contributed by atoms with Gasteiger partial charge in [-0.1, -0.05) is 6.92 Å². The number of likely N-dealkylation sites (N-methyl/N-ethyl adjacent to an activating group) is 1. The van der Waals surface area contributed by atoms with Gasteiger partial charge in [-0.3, -0.25) is 9.80 Å². The van der Waals surface area contributed by atoms with E-state index in [0.29, 0.717) is 6.04 Å². The Morgan fingerprint density at radius 3 is 2.76 bits per heavy atom. The third-order valence-corrected chi connectivity index (χ3v) is 4.33. The topological polar surface area (TPSA) is 35.9 Å². The van der Waals surface area contributed by atoms with E-state index in [0.717, 1.165) is 52.4 Å². The molecule has 0 aromatic rings. The van der Waals surface area contributed by atoms with Crippen LogP contribution >= 0.6 is 0 Å². The van der Waals surface area contributed by atoms with Gasteiger partial charge in [0.15, 0.2) is 0 Å². The lowest BCUT2D eigenvalue weighted by Gasteiger charge is -2.42. The molecule has 4 heteroatoms. The van der Waals surface area contributed by atoms with Crippen LogP contribution in [0.5, 0.6) is 0 Å². The highest BCUT2D eigenvalue weighted by atomic mass is 16.5. The van der Waals surface area contributed by atoms with E-state index in [1.165, 1.54) is 0 Å². The lowest BCUT2D eigenvalue weighted by atomic mass is 9.87. The number of hydrogen-bond acceptors (Lipinski definition) is 4. The summed E-state index contributed by atoms with van der Waals surface area (Å²) in [5.41, 5.74) is 0.00804. The number of nitrogens with zero attached hydrogens (tertiary/aromatic N) is 2. The molecule has 2 heterocycles. The highest BCUT2D eigenvalue weighted by Gasteiger charge is 2.37. The summed E-state index contributed by atoms with van der Waals surface area (Å²) in [7, 11) is 0. The van der Waals surface area contributed by atoms with Gasteiger partial charge in [0.25, 0.3) is 0 Å². The molecule has 0 radical (unpaired) electrons. The van der Waals surface area contributed by atoms with Crippen LogP contribution < -0.4 is 0 Å². The quantitative estimate of drug-likeness (QED) is 0.775. The number of piperazine rings is 1. The van der Waals surface area contributed by atoms with Crippen LogP contribution in [0.1, 0.15) is 20.3 Å². The number of aliphatic hydroxyl groups excluding tert-OH is 1. The molecule has 2 fully saturated rings. The van der Waals surface area contributed by atoms with Crippen molar-refractivity contribution < 1.29 is 9.84 Å². The van der Waals surface area contributed by atoms with Crippen molar-refractivity contribution in [1.82, 2.24) is 9.80 Å². The molecule has 0 spiro atoms. The van der Waals surface area contributed by atoms with E-state index >= 15 is 0 Å². The van der Waals surface area contributed by atoms with E-state index in [4.69, 9.17) is 4.74 Å². The molecule has 1 N–H and O–H groups in total. The molecule has 2 aliphatic rings. The van der Waals surface area contributed by atoms with Gasteiger partial charge in [-0.15, -0.1) is 0 Å². The van der Waals surface area contributed by atoms with Crippen LogP contribution in [0.2, 0.25) is 0 Å². The van der Waals surface area contributed by atoms with Crippen molar-refractivity contribution in [3.63, 3.8) is 0 Å². The predicted octanol–water partition coefficient (Wildman–Crippen LogP) is 0.411. The molecule has 2 rings (SSSR count). The third kappa shape index (κ3) is 2.99. The minimum atomic E-state index is 0.00804. The second kappa shape index (κ2) is 5.65.